The summed E-state index contributed by atoms with van der Waals surface area (Å²) in [5, 5.41) is 7.31. The number of benzene rings is 1. The van der Waals surface area contributed by atoms with E-state index < -0.39 is 0 Å². The first-order chi connectivity index (χ1) is 8.25. The normalized spacial score (nSPS) is 9.71. The number of anilines is 1. The Morgan fingerprint density at radius 2 is 2.00 bits per heavy atom. The lowest BCUT2D eigenvalue weighted by atomic mass is 10.1. The topological polar surface area (TPSA) is 67.6 Å². The lowest BCUT2D eigenvalue weighted by Crippen LogP contribution is -1.81. The summed E-state index contributed by atoms with van der Waals surface area (Å²) in [7, 11) is 0. The fourth-order valence-corrected chi connectivity index (χ4v) is 1.46. The van der Waals surface area contributed by atoms with Crippen LogP contribution in [-0.2, 0) is 0 Å². The van der Waals surface area contributed by atoms with Crippen molar-refractivity contribution in [1.29, 1.82) is 0 Å². The Morgan fingerprint density at radius 3 is 2.65 bits per heavy atom. The van der Waals surface area contributed by atoms with Gasteiger partial charge in [-0.05, 0) is 31.2 Å². The van der Waals surface area contributed by atoms with Crippen LogP contribution >= 0.6 is 0 Å². The number of nitrogens with two attached hydrogens (primary N) is 1. The molecule has 4 heteroatoms. The molecule has 0 aliphatic carbocycles. The smallest absolute Gasteiger partial charge is 0.118 e. The third kappa shape index (κ3) is 3.04. The van der Waals surface area contributed by atoms with Gasteiger partial charge in [-0.25, -0.2) is 0 Å². The maximum absolute atomic E-state index is 5.16. The summed E-state index contributed by atoms with van der Waals surface area (Å²) in [6.07, 6.45) is 3.42. The summed E-state index contributed by atoms with van der Waals surface area (Å²) < 4.78 is 0. The van der Waals surface area contributed by atoms with Gasteiger partial charge >= 0.3 is 0 Å². The largest absolute Gasteiger partial charge is 0.384 e. The fraction of sp³-hybridized carbons (Fsp3) is 0.0769. The summed E-state index contributed by atoms with van der Waals surface area (Å²) in [4.78, 5) is 4.22. The lowest BCUT2D eigenvalue weighted by molar-refractivity contribution is 1.10. The number of H-pyrrole nitrogens is 1. The van der Waals surface area contributed by atoms with Crippen LogP contribution in [0.3, 0.4) is 0 Å². The molecule has 3 rings (SSSR count). The molecule has 3 N–H and O–H groups in total. The van der Waals surface area contributed by atoms with Crippen LogP contribution in [-0.4, -0.2) is 15.2 Å². The number of aromatic nitrogens is 3. The predicted molar refractivity (Wildman–Crippen MR) is 69.5 cm³/mol. The number of hydrogen-bond acceptors (Lipinski definition) is 3. The highest BCUT2D eigenvalue weighted by Crippen LogP contribution is 2.11. The van der Waals surface area contributed by atoms with Gasteiger partial charge in [0.15, 0.2) is 0 Å². The Morgan fingerprint density at radius 1 is 1.12 bits per heavy atom. The lowest BCUT2D eigenvalue weighted by Gasteiger charge is -1.95. The van der Waals surface area contributed by atoms with Gasteiger partial charge in [0.05, 0.1) is 11.7 Å². The number of hydrogen-bond donors (Lipinski definition) is 2. The summed E-state index contributed by atoms with van der Waals surface area (Å²) in [5.74, 6) is 0.606. The molecule has 0 saturated heterocycles. The van der Waals surface area contributed by atoms with Gasteiger partial charge in [-0.3, -0.25) is 10.1 Å². The van der Waals surface area contributed by atoms with Crippen molar-refractivity contribution in [1.82, 2.24) is 15.2 Å². The van der Waals surface area contributed by atoms with E-state index in [0.29, 0.717) is 5.82 Å². The van der Waals surface area contributed by atoms with Crippen molar-refractivity contribution < 1.29 is 0 Å². The summed E-state index contributed by atoms with van der Waals surface area (Å²) in [6.45, 7) is 2.09. The molecule has 0 unspecified atom stereocenters. The van der Waals surface area contributed by atoms with Crippen molar-refractivity contribution in [2.45, 2.75) is 6.92 Å². The molecule has 2 aromatic heterocycles. The van der Waals surface area contributed by atoms with E-state index in [2.05, 4.69) is 40.3 Å². The summed E-state index contributed by atoms with van der Waals surface area (Å²) in [5.41, 5.74) is 7.51. The van der Waals surface area contributed by atoms with E-state index in [1.807, 2.05) is 18.3 Å². The number of nitrogens with zero attached hydrogens (tertiary/aromatic N) is 2. The highest BCUT2D eigenvalue weighted by atomic mass is 15.1. The molecule has 2 heterocycles. The number of nitrogens with one attached hydrogen (secondary N) is 1. The molecule has 4 nitrogen and oxygen atoms in total. The van der Waals surface area contributed by atoms with Crippen LogP contribution in [0, 0.1) is 6.92 Å². The quantitative estimate of drug-likeness (QED) is 0.619. The van der Waals surface area contributed by atoms with Gasteiger partial charge < -0.3 is 5.73 Å². The maximum atomic E-state index is 5.16. The Hall–Kier alpha value is -2.36. The summed E-state index contributed by atoms with van der Waals surface area (Å²) >= 11 is 0. The minimum atomic E-state index is 0.606. The first kappa shape index (κ1) is 11.1. The standard InChI is InChI=1S/C10H9N.C3H5N3/c1-8-4-5-10-9(7-8)3-2-6-11-10;4-3-1-2-5-6-3/h2-7H,1H3;1-2H,(H3,4,5,6). The first-order valence-electron chi connectivity index (χ1n) is 5.32. The van der Waals surface area contributed by atoms with Crippen LogP contribution in [0.25, 0.3) is 10.9 Å². The van der Waals surface area contributed by atoms with Gasteiger partial charge in [-0.15, -0.1) is 0 Å². The highest BCUT2D eigenvalue weighted by Gasteiger charge is 1.90. The minimum absolute atomic E-state index is 0.606. The Labute approximate surface area is 99.5 Å². The Balaban J connectivity index is 0.000000153. The van der Waals surface area contributed by atoms with Crippen LogP contribution in [0.5, 0.6) is 0 Å². The van der Waals surface area contributed by atoms with E-state index in [1.165, 1.54) is 10.9 Å². The van der Waals surface area contributed by atoms with E-state index in [9.17, 15) is 0 Å². The van der Waals surface area contributed by atoms with Crippen LogP contribution in [0.4, 0.5) is 5.82 Å². The van der Waals surface area contributed by atoms with Gasteiger partial charge in [-0.2, -0.15) is 5.10 Å². The molecule has 0 saturated carbocycles. The fourth-order valence-electron chi connectivity index (χ4n) is 1.46. The molecule has 0 bridgehead atoms. The van der Waals surface area contributed by atoms with E-state index in [0.717, 1.165) is 5.52 Å². The summed E-state index contributed by atoms with van der Waals surface area (Å²) in [6, 6.07) is 12.0. The molecule has 3 aromatic rings. The van der Waals surface area contributed by atoms with Crippen LogP contribution in [0.15, 0.2) is 48.8 Å². The van der Waals surface area contributed by atoms with Crippen molar-refractivity contribution in [3.05, 3.63) is 54.4 Å². The third-order valence-corrected chi connectivity index (χ3v) is 2.28. The number of aryl methyl sites for hydroxylation is 1. The minimum Gasteiger partial charge on any atom is -0.384 e. The van der Waals surface area contributed by atoms with E-state index in [-0.39, 0.29) is 0 Å². The molecule has 0 aliphatic rings. The van der Waals surface area contributed by atoms with Gasteiger partial charge in [0.25, 0.3) is 0 Å². The third-order valence-electron chi connectivity index (χ3n) is 2.28. The zero-order valence-corrected chi connectivity index (χ0v) is 9.59. The Kier molecular flexibility index (Phi) is 3.35. The second-order valence-corrected chi connectivity index (χ2v) is 3.71. The average Bonchev–Trinajstić information content (AvgIpc) is 2.81. The molecule has 17 heavy (non-hydrogen) atoms. The maximum Gasteiger partial charge on any atom is 0.118 e. The number of fused-ring (bicyclic) bond motifs is 1. The molecule has 0 aliphatic heterocycles. The van der Waals surface area contributed by atoms with Crippen molar-refractivity contribution in [3.63, 3.8) is 0 Å². The van der Waals surface area contributed by atoms with Crippen molar-refractivity contribution in [3.8, 4) is 0 Å². The molecule has 0 fully saturated rings. The van der Waals surface area contributed by atoms with Crippen LogP contribution in [0.2, 0.25) is 0 Å². The zero-order valence-electron chi connectivity index (χ0n) is 9.59. The molecular formula is C13H14N4. The zero-order chi connectivity index (χ0) is 12.1. The monoisotopic (exact) mass is 226 g/mol. The van der Waals surface area contributed by atoms with Gasteiger partial charge in [0.1, 0.15) is 5.82 Å². The molecule has 0 radical (unpaired) electrons. The second kappa shape index (κ2) is 5.12. The van der Waals surface area contributed by atoms with Gasteiger partial charge in [-0.1, -0.05) is 17.7 Å². The van der Waals surface area contributed by atoms with E-state index >= 15 is 0 Å². The molecule has 0 spiro atoms. The average molecular weight is 226 g/mol. The first-order valence-corrected chi connectivity index (χ1v) is 5.32. The van der Waals surface area contributed by atoms with E-state index in [1.54, 1.807) is 12.3 Å². The highest BCUT2D eigenvalue weighted by molar-refractivity contribution is 5.78. The molecule has 1 aromatic carbocycles. The number of pyridine rings is 1. The molecule has 0 atom stereocenters. The van der Waals surface area contributed by atoms with Gasteiger partial charge in [0, 0.05) is 11.6 Å². The number of nitrogen functional groups attached to an aromatic ring is 1. The van der Waals surface area contributed by atoms with Crippen molar-refractivity contribution >= 4 is 16.7 Å². The van der Waals surface area contributed by atoms with Crippen molar-refractivity contribution in [2.75, 3.05) is 5.73 Å². The molecule has 86 valence electrons. The molecule has 0 amide bonds. The van der Waals surface area contributed by atoms with Crippen LogP contribution < -0.4 is 5.73 Å². The number of aromatic amines is 1. The van der Waals surface area contributed by atoms with Crippen LogP contribution in [0.1, 0.15) is 5.56 Å². The Bertz CT molecular complexity index is 587. The molecular weight excluding hydrogens is 212 g/mol. The van der Waals surface area contributed by atoms with Gasteiger partial charge in [0.2, 0.25) is 0 Å². The second-order valence-electron chi connectivity index (χ2n) is 3.71. The van der Waals surface area contributed by atoms with Crippen molar-refractivity contribution in [2.24, 2.45) is 0 Å². The predicted octanol–water partition coefficient (Wildman–Crippen LogP) is 2.54. The van der Waals surface area contributed by atoms with E-state index in [4.69, 9.17) is 5.73 Å². The SMILES string of the molecule is Cc1ccc2ncccc2c1.Nc1ccn[nH]1. The number of rotatable bonds is 0.